The number of nitrogens with one attached hydrogen (secondary N) is 2. The average molecular weight is 317 g/mol. The van der Waals surface area contributed by atoms with Crippen LogP contribution in [0.15, 0.2) is 16.3 Å². The molecule has 2 heterocycles. The quantitative estimate of drug-likeness (QED) is 0.828. The van der Waals surface area contributed by atoms with Crippen molar-refractivity contribution in [2.24, 2.45) is 0 Å². The standard InChI is InChI=1S/C13H23N3O2S2/c1-14-10-12-13(6-8-19-12)20(17,18)15-9-11-5-3-4-7-16(11)2/h6,8,11,14-15H,3-5,7,9-10H2,1-2H3. The minimum Gasteiger partial charge on any atom is -0.315 e. The maximum atomic E-state index is 12.4. The highest BCUT2D eigenvalue weighted by Gasteiger charge is 2.24. The Hall–Kier alpha value is -0.470. The highest BCUT2D eigenvalue weighted by atomic mass is 32.2. The van der Waals surface area contributed by atoms with E-state index < -0.39 is 10.0 Å². The van der Waals surface area contributed by atoms with Crippen molar-refractivity contribution in [3.63, 3.8) is 0 Å². The van der Waals surface area contributed by atoms with Crippen molar-refractivity contribution in [2.75, 3.05) is 27.2 Å². The van der Waals surface area contributed by atoms with E-state index in [1.807, 2.05) is 12.4 Å². The fourth-order valence-electron chi connectivity index (χ4n) is 2.54. The van der Waals surface area contributed by atoms with E-state index in [2.05, 4.69) is 22.0 Å². The summed E-state index contributed by atoms with van der Waals surface area (Å²) in [6, 6.07) is 1.99. The summed E-state index contributed by atoms with van der Waals surface area (Å²) in [6.45, 7) is 2.13. The van der Waals surface area contributed by atoms with E-state index >= 15 is 0 Å². The van der Waals surface area contributed by atoms with Crippen LogP contribution in [0.2, 0.25) is 0 Å². The van der Waals surface area contributed by atoms with Crippen LogP contribution >= 0.6 is 11.3 Å². The molecule has 0 aromatic carbocycles. The molecule has 1 unspecified atom stereocenters. The molecule has 20 heavy (non-hydrogen) atoms. The molecule has 0 radical (unpaired) electrons. The summed E-state index contributed by atoms with van der Waals surface area (Å²) in [6.07, 6.45) is 3.45. The first kappa shape index (κ1) is 15.9. The second-order valence-corrected chi connectivity index (χ2v) is 7.96. The van der Waals surface area contributed by atoms with Gasteiger partial charge in [-0.05, 0) is 44.9 Å². The highest BCUT2D eigenvalue weighted by Crippen LogP contribution is 2.22. The molecule has 0 bridgehead atoms. The average Bonchev–Trinajstić information content (AvgIpc) is 2.87. The van der Waals surface area contributed by atoms with Crippen LogP contribution in [0, 0.1) is 0 Å². The molecule has 7 heteroatoms. The van der Waals surface area contributed by atoms with Crippen LogP contribution in [0.5, 0.6) is 0 Å². The van der Waals surface area contributed by atoms with Gasteiger partial charge in [-0.1, -0.05) is 6.42 Å². The molecule has 1 atom stereocenters. The van der Waals surface area contributed by atoms with E-state index in [9.17, 15) is 8.42 Å². The molecule has 2 rings (SSSR count). The minimum absolute atomic E-state index is 0.310. The number of hydrogen-bond donors (Lipinski definition) is 2. The minimum atomic E-state index is -3.40. The van der Waals surface area contributed by atoms with E-state index in [1.165, 1.54) is 24.2 Å². The second kappa shape index (κ2) is 7.00. The van der Waals surface area contributed by atoms with Gasteiger partial charge in [-0.2, -0.15) is 0 Å². The topological polar surface area (TPSA) is 61.4 Å². The third kappa shape index (κ3) is 3.79. The van der Waals surface area contributed by atoms with Crippen molar-refractivity contribution >= 4 is 21.4 Å². The first-order chi connectivity index (χ1) is 9.54. The Morgan fingerprint density at radius 2 is 2.25 bits per heavy atom. The van der Waals surface area contributed by atoms with Gasteiger partial charge in [0.05, 0.1) is 4.90 Å². The van der Waals surface area contributed by atoms with Crippen LogP contribution in [0.4, 0.5) is 0 Å². The summed E-state index contributed by atoms with van der Waals surface area (Å²) in [5.74, 6) is 0. The van der Waals surface area contributed by atoms with E-state index in [4.69, 9.17) is 0 Å². The Morgan fingerprint density at radius 3 is 2.95 bits per heavy atom. The predicted octanol–water partition coefficient (Wildman–Crippen LogP) is 1.23. The second-order valence-electron chi connectivity index (χ2n) is 5.22. The molecule has 0 spiro atoms. The van der Waals surface area contributed by atoms with Crippen LogP contribution in [-0.4, -0.2) is 46.5 Å². The zero-order valence-corrected chi connectivity index (χ0v) is 13.7. The Bertz CT molecular complexity index is 527. The molecular weight excluding hydrogens is 294 g/mol. The van der Waals surface area contributed by atoms with Crippen LogP contribution in [-0.2, 0) is 16.6 Å². The summed E-state index contributed by atoms with van der Waals surface area (Å²) in [7, 11) is 0.486. The number of thiophene rings is 1. The number of hydrogen-bond acceptors (Lipinski definition) is 5. The van der Waals surface area contributed by atoms with E-state index in [0.29, 0.717) is 24.0 Å². The molecule has 1 aromatic rings. The number of likely N-dealkylation sites (N-methyl/N-ethyl adjacent to an activating group) is 1. The highest BCUT2D eigenvalue weighted by molar-refractivity contribution is 7.89. The first-order valence-electron chi connectivity index (χ1n) is 6.95. The lowest BCUT2D eigenvalue weighted by molar-refractivity contribution is 0.187. The van der Waals surface area contributed by atoms with Gasteiger partial charge in [0, 0.05) is 24.0 Å². The van der Waals surface area contributed by atoms with Crippen LogP contribution in [0.25, 0.3) is 0 Å². The summed E-state index contributed by atoms with van der Waals surface area (Å²) < 4.78 is 27.5. The summed E-state index contributed by atoms with van der Waals surface area (Å²) in [5, 5.41) is 4.83. The monoisotopic (exact) mass is 317 g/mol. The molecule has 0 saturated carbocycles. The smallest absolute Gasteiger partial charge is 0.241 e. The molecule has 114 valence electrons. The molecule has 0 amide bonds. The van der Waals surface area contributed by atoms with E-state index in [1.54, 1.807) is 6.07 Å². The summed E-state index contributed by atoms with van der Waals surface area (Å²) in [5.41, 5.74) is 0. The van der Waals surface area contributed by atoms with Gasteiger partial charge in [0.2, 0.25) is 10.0 Å². The Kier molecular flexibility index (Phi) is 5.57. The van der Waals surface area contributed by atoms with Crippen molar-refractivity contribution < 1.29 is 8.42 Å². The van der Waals surface area contributed by atoms with Crippen molar-refractivity contribution in [1.82, 2.24) is 14.9 Å². The van der Waals surface area contributed by atoms with Gasteiger partial charge in [0.25, 0.3) is 0 Å². The molecule has 1 aliphatic rings. The van der Waals surface area contributed by atoms with E-state index in [0.717, 1.165) is 17.8 Å². The van der Waals surface area contributed by atoms with Gasteiger partial charge in [-0.15, -0.1) is 11.3 Å². The molecule has 1 aliphatic heterocycles. The Balaban J connectivity index is 2.01. The number of piperidine rings is 1. The largest absolute Gasteiger partial charge is 0.315 e. The summed E-state index contributed by atoms with van der Waals surface area (Å²) >= 11 is 1.47. The third-order valence-corrected chi connectivity index (χ3v) is 6.32. The fourth-order valence-corrected chi connectivity index (χ4v) is 5.07. The normalized spacial score (nSPS) is 21.2. The van der Waals surface area contributed by atoms with Crippen molar-refractivity contribution in [1.29, 1.82) is 0 Å². The fraction of sp³-hybridized carbons (Fsp3) is 0.692. The lowest BCUT2D eigenvalue weighted by Gasteiger charge is -2.32. The van der Waals surface area contributed by atoms with Crippen LogP contribution in [0.1, 0.15) is 24.1 Å². The molecule has 5 nitrogen and oxygen atoms in total. The molecule has 0 aliphatic carbocycles. The van der Waals surface area contributed by atoms with E-state index in [-0.39, 0.29) is 0 Å². The lowest BCUT2D eigenvalue weighted by atomic mass is 10.0. The van der Waals surface area contributed by atoms with Crippen LogP contribution in [0.3, 0.4) is 0 Å². The molecule has 1 fully saturated rings. The number of likely N-dealkylation sites (tertiary alicyclic amines) is 1. The van der Waals surface area contributed by atoms with Crippen molar-refractivity contribution in [3.8, 4) is 0 Å². The molecule has 2 N–H and O–H groups in total. The molecular formula is C13H23N3O2S2. The number of nitrogens with zero attached hydrogens (tertiary/aromatic N) is 1. The zero-order chi connectivity index (χ0) is 14.6. The van der Waals surface area contributed by atoms with Gasteiger partial charge in [0.1, 0.15) is 0 Å². The van der Waals surface area contributed by atoms with Gasteiger partial charge < -0.3 is 10.2 Å². The van der Waals surface area contributed by atoms with Crippen molar-refractivity contribution in [3.05, 3.63) is 16.3 Å². The third-order valence-electron chi connectivity index (χ3n) is 3.76. The number of sulfonamides is 1. The maximum Gasteiger partial charge on any atom is 0.241 e. The lowest BCUT2D eigenvalue weighted by Crippen LogP contribution is -2.44. The van der Waals surface area contributed by atoms with Crippen LogP contribution < -0.4 is 10.0 Å². The zero-order valence-electron chi connectivity index (χ0n) is 12.1. The Labute approximate surface area is 125 Å². The van der Waals surface area contributed by atoms with Crippen molar-refractivity contribution in [2.45, 2.75) is 36.7 Å². The van der Waals surface area contributed by atoms with Gasteiger partial charge in [-0.3, -0.25) is 0 Å². The Morgan fingerprint density at radius 1 is 1.45 bits per heavy atom. The van der Waals surface area contributed by atoms with Gasteiger partial charge in [0.15, 0.2) is 0 Å². The number of rotatable bonds is 6. The molecule has 1 saturated heterocycles. The molecule has 1 aromatic heterocycles. The first-order valence-corrected chi connectivity index (χ1v) is 9.32. The van der Waals surface area contributed by atoms with Gasteiger partial charge in [-0.25, -0.2) is 13.1 Å². The maximum absolute atomic E-state index is 12.4. The SMILES string of the molecule is CNCc1sccc1S(=O)(=O)NCC1CCCCN1C. The summed E-state index contributed by atoms with van der Waals surface area (Å²) in [4.78, 5) is 3.51. The predicted molar refractivity (Wildman–Crippen MR) is 82.5 cm³/mol. The van der Waals surface area contributed by atoms with Gasteiger partial charge >= 0.3 is 0 Å².